The molecule has 1 aliphatic heterocycles. The molecule has 1 fully saturated rings. The summed E-state index contributed by atoms with van der Waals surface area (Å²) in [4.78, 5) is 0. The molecule has 0 saturated carbocycles. The Morgan fingerprint density at radius 2 is 2.17 bits per heavy atom. The van der Waals surface area contributed by atoms with Crippen molar-refractivity contribution in [1.82, 2.24) is 5.43 Å². The number of benzene rings is 1. The number of nitrogens with two attached hydrogens (primary N) is 1. The lowest BCUT2D eigenvalue weighted by molar-refractivity contribution is 0.0594. The third kappa shape index (κ3) is 2.41. The minimum Gasteiger partial charge on any atom is -0.376 e. The maximum absolute atomic E-state index is 14.2. The van der Waals surface area contributed by atoms with Crippen molar-refractivity contribution in [2.75, 3.05) is 6.61 Å². The molecular weight excluding hydrogens is 231 g/mol. The van der Waals surface area contributed by atoms with Crippen molar-refractivity contribution in [2.24, 2.45) is 11.8 Å². The Labute approximate surface area is 107 Å². The summed E-state index contributed by atoms with van der Waals surface area (Å²) in [5.74, 6) is 5.80. The highest BCUT2D eigenvalue weighted by Gasteiger charge is 2.34. The highest BCUT2D eigenvalue weighted by atomic mass is 19.1. The largest absolute Gasteiger partial charge is 0.376 e. The fourth-order valence-corrected chi connectivity index (χ4v) is 2.81. The second kappa shape index (κ2) is 5.34. The maximum atomic E-state index is 14.2. The first-order chi connectivity index (χ1) is 8.54. The topological polar surface area (TPSA) is 47.3 Å². The molecule has 1 aromatic rings. The number of hydrazine groups is 1. The minimum atomic E-state index is -0.289. The standard InChI is InChI=1S/C14H21FN2O/c1-8-6-10(3)12(11(15)7-8)13(17-16)14-9(2)4-5-18-14/h6-7,9,13-14,17H,4-5,16H2,1-3H3. The van der Waals surface area contributed by atoms with Gasteiger partial charge in [-0.05, 0) is 43.4 Å². The van der Waals surface area contributed by atoms with Gasteiger partial charge in [0.05, 0.1) is 12.1 Å². The number of ether oxygens (including phenoxy) is 1. The van der Waals surface area contributed by atoms with Crippen LogP contribution in [0.15, 0.2) is 12.1 Å². The molecule has 1 aromatic carbocycles. The van der Waals surface area contributed by atoms with Crippen molar-refractivity contribution in [3.8, 4) is 0 Å². The quantitative estimate of drug-likeness (QED) is 0.641. The van der Waals surface area contributed by atoms with Crippen LogP contribution < -0.4 is 11.3 Å². The van der Waals surface area contributed by atoms with Crippen LogP contribution in [0.3, 0.4) is 0 Å². The molecule has 3 unspecified atom stereocenters. The van der Waals surface area contributed by atoms with Gasteiger partial charge in [-0.2, -0.15) is 0 Å². The summed E-state index contributed by atoms with van der Waals surface area (Å²) in [7, 11) is 0. The van der Waals surface area contributed by atoms with Gasteiger partial charge in [-0.3, -0.25) is 11.3 Å². The fourth-order valence-electron chi connectivity index (χ4n) is 2.81. The number of rotatable bonds is 3. The Kier molecular flexibility index (Phi) is 4.00. The number of aryl methyl sites for hydroxylation is 2. The molecule has 3 nitrogen and oxygen atoms in total. The Morgan fingerprint density at radius 3 is 2.67 bits per heavy atom. The van der Waals surface area contributed by atoms with Crippen LogP contribution in [0.25, 0.3) is 0 Å². The molecule has 3 atom stereocenters. The van der Waals surface area contributed by atoms with E-state index in [4.69, 9.17) is 10.6 Å². The number of halogens is 1. The van der Waals surface area contributed by atoms with Gasteiger partial charge in [-0.25, -0.2) is 4.39 Å². The predicted molar refractivity (Wildman–Crippen MR) is 69.5 cm³/mol. The molecule has 100 valence electrons. The van der Waals surface area contributed by atoms with Gasteiger partial charge in [0, 0.05) is 12.2 Å². The van der Waals surface area contributed by atoms with Crippen LogP contribution in [0.2, 0.25) is 0 Å². The zero-order chi connectivity index (χ0) is 13.3. The maximum Gasteiger partial charge on any atom is 0.128 e. The van der Waals surface area contributed by atoms with Crippen molar-refractivity contribution in [3.63, 3.8) is 0 Å². The van der Waals surface area contributed by atoms with Crippen LogP contribution in [0, 0.1) is 25.6 Å². The fraction of sp³-hybridized carbons (Fsp3) is 0.571. The molecule has 3 N–H and O–H groups in total. The van der Waals surface area contributed by atoms with Crippen molar-refractivity contribution in [3.05, 3.63) is 34.6 Å². The Hall–Kier alpha value is -0.970. The van der Waals surface area contributed by atoms with E-state index in [1.54, 1.807) is 6.07 Å². The molecule has 0 amide bonds. The van der Waals surface area contributed by atoms with Crippen LogP contribution >= 0.6 is 0 Å². The van der Waals surface area contributed by atoms with Gasteiger partial charge in [0.25, 0.3) is 0 Å². The molecule has 0 aromatic heterocycles. The van der Waals surface area contributed by atoms with Crippen molar-refractivity contribution in [1.29, 1.82) is 0 Å². The van der Waals surface area contributed by atoms with Crippen LogP contribution in [-0.4, -0.2) is 12.7 Å². The summed E-state index contributed by atoms with van der Waals surface area (Å²) in [6.45, 7) is 6.63. The first-order valence-electron chi connectivity index (χ1n) is 6.39. The lowest BCUT2D eigenvalue weighted by Gasteiger charge is -2.27. The highest BCUT2D eigenvalue weighted by Crippen LogP contribution is 2.33. The summed E-state index contributed by atoms with van der Waals surface area (Å²) < 4.78 is 19.9. The molecule has 0 radical (unpaired) electrons. The molecule has 18 heavy (non-hydrogen) atoms. The third-order valence-electron chi connectivity index (χ3n) is 3.74. The molecule has 4 heteroatoms. The Morgan fingerprint density at radius 1 is 1.44 bits per heavy atom. The van der Waals surface area contributed by atoms with Crippen molar-refractivity contribution < 1.29 is 9.13 Å². The SMILES string of the molecule is Cc1cc(C)c(C(NN)C2OCCC2C)c(F)c1. The lowest BCUT2D eigenvalue weighted by Crippen LogP contribution is -2.39. The van der Waals surface area contributed by atoms with Gasteiger partial charge in [0.15, 0.2) is 0 Å². The van der Waals surface area contributed by atoms with Gasteiger partial charge in [-0.1, -0.05) is 13.0 Å². The second-order valence-electron chi connectivity index (χ2n) is 5.22. The van der Waals surface area contributed by atoms with Crippen LogP contribution in [0.4, 0.5) is 4.39 Å². The zero-order valence-electron chi connectivity index (χ0n) is 11.2. The summed E-state index contributed by atoms with van der Waals surface area (Å²) in [6, 6.07) is 3.23. The van der Waals surface area contributed by atoms with E-state index in [0.29, 0.717) is 11.5 Å². The summed E-state index contributed by atoms with van der Waals surface area (Å²) >= 11 is 0. The van der Waals surface area contributed by atoms with Gasteiger partial charge in [0.2, 0.25) is 0 Å². The zero-order valence-corrected chi connectivity index (χ0v) is 11.2. The molecule has 1 heterocycles. The van der Waals surface area contributed by atoms with E-state index in [0.717, 1.165) is 24.2 Å². The van der Waals surface area contributed by atoms with E-state index < -0.39 is 0 Å². The van der Waals surface area contributed by atoms with Gasteiger partial charge >= 0.3 is 0 Å². The number of hydrogen-bond acceptors (Lipinski definition) is 3. The second-order valence-corrected chi connectivity index (χ2v) is 5.22. The molecular formula is C14H21FN2O. The van der Waals surface area contributed by atoms with E-state index in [-0.39, 0.29) is 18.0 Å². The smallest absolute Gasteiger partial charge is 0.128 e. The van der Waals surface area contributed by atoms with Gasteiger partial charge in [-0.15, -0.1) is 0 Å². The van der Waals surface area contributed by atoms with E-state index in [1.165, 1.54) is 0 Å². The first-order valence-corrected chi connectivity index (χ1v) is 6.39. The number of nitrogens with one attached hydrogen (secondary N) is 1. The van der Waals surface area contributed by atoms with Crippen LogP contribution in [-0.2, 0) is 4.74 Å². The normalized spacial score (nSPS) is 25.4. The van der Waals surface area contributed by atoms with Gasteiger partial charge in [0.1, 0.15) is 5.82 Å². The van der Waals surface area contributed by atoms with Crippen molar-refractivity contribution >= 4 is 0 Å². The molecule has 1 saturated heterocycles. The molecule has 0 aliphatic carbocycles. The summed E-state index contributed by atoms with van der Waals surface area (Å²) in [6.07, 6.45) is 0.931. The molecule has 0 spiro atoms. The summed E-state index contributed by atoms with van der Waals surface area (Å²) in [5, 5.41) is 0. The van der Waals surface area contributed by atoms with E-state index >= 15 is 0 Å². The third-order valence-corrected chi connectivity index (χ3v) is 3.74. The summed E-state index contributed by atoms with van der Waals surface area (Å²) in [5.41, 5.74) is 5.19. The average Bonchev–Trinajstić information content (AvgIpc) is 2.69. The Bertz CT molecular complexity index is 413. The Balaban J connectivity index is 2.38. The molecule has 2 rings (SSSR count). The van der Waals surface area contributed by atoms with Gasteiger partial charge < -0.3 is 4.74 Å². The van der Waals surface area contributed by atoms with E-state index in [1.807, 2.05) is 19.9 Å². The molecule has 0 bridgehead atoms. The van der Waals surface area contributed by atoms with Crippen molar-refractivity contribution in [2.45, 2.75) is 39.3 Å². The first kappa shape index (κ1) is 13.5. The monoisotopic (exact) mass is 252 g/mol. The highest BCUT2D eigenvalue weighted by molar-refractivity contribution is 5.35. The molecule has 1 aliphatic rings. The predicted octanol–water partition coefficient (Wildman–Crippen LogP) is 2.37. The van der Waals surface area contributed by atoms with E-state index in [9.17, 15) is 4.39 Å². The van der Waals surface area contributed by atoms with E-state index in [2.05, 4.69) is 12.3 Å². The average molecular weight is 252 g/mol. The lowest BCUT2D eigenvalue weighted by atomic mass is 9.89. The van der Waals surface area contributed by atoms with Crippen LogP contribution in [0.5, 0.6) is 0 Å². The number of hydrogen-bond donors (Lipinski definition) is 2. The minimum absolute atomic E-state index is 0.0640. The van der Waals surface area contributed by atoms with Crippen LogP contribution in [0.1, 0.15) is 36.1 Å².